The lowest BCUT2D eigenvalue weighted by atomic mass is 9.98. The van der Waals surface area contributed by atoms with Crippen molar-refractivity contribution in [3.63, 3.8) is 0 Å². The lowest BCUT2D eigenvalue weighted by Crippen LogP contribution is -2.63. The SMILES string of the molecule is CC(C)OC1OC(COS(=O)(=O)O)C(O)C(O)C1N. The van der Waals surface area contributed by atoms with Crippen molar-refractivity contribution in [2.75, 3.05) is 6.61 Å². The summed E-state index contributed by atoms with van der Waals surface area (Å²) in [5.74, 6) is 0. The number of nitrogens with two attached hydrogens (primary N) is 1. The van der Waals surface area contributed by atoms with Crippen LogP contribution in [0.25, 0.3) is 0 Å². The Hall–Kier alpha value is -0.330. The summed E-state index contributed by atoms with van der Waals surface area (Å²) in [6.07, 6.45) is -5.29. The largest absolute Gasteiger partial charge is 0.397 e. The van der Waals surface area contributed by atoms with Crippen LogP contribution in [0.4, 0.5) is 0 Å². The molecule has 1 saturated heterocycles. The van der Waals surface area contributed by atoms with Gasteiger partial charge >= 0.3 is 10.4 Å². The van der Waals surface area contributed by atoms with Crippen LogP contribution in [0.5, 0.6) is 0 Å². The maximum Gasteiger partial charge on any atom is 0.397 e. The van der Waals surface area contributed by atoms with E-state index in [1.54, 1.807) is 13.8 Å². The van der Waals surface area contributed by atoms with E-state index in [0.29, 0.717) is 0 Å². The Morgan fingerprint density at radius 1 is 1.32 bits per heavy atom. The molecule has 10 heteroatoms. The van der Waals surface area contributed by atoms with Gasteiger partial charge < -0.3 is 25.4 Å². The van der Waals surface area contributed by atoms with Crippen LogP contribution in [0.2, 0.25) is 0 Å². The van der Waals surface area contributed by atoms with Gasteiger partial charge in [0, 0.05) is 0 Å². The zero-order chi connectivity index (χ0) is 14.8. The Morgan fingerprint density at radius 3 is 2.37 bits per heavy atom. The molecule has 1 aliphatic heterocycles. The average Bonchev–Trinajstić information content (AvgIpc) is 2.26. The standard InChI is InChI=1S/C9H19NO8S/c1-4(2)17-9-6(10)8(12)7(11)5(18-9)3-16-19(13,14)15/h4-9,11-12H,3,10H2,1-2H3,(H,13,14,15). The van der Waals surface area contributed by atoms with E-state index in [1.165, 1.54) is 0 Å². The smallest absolute Gasteiger partial charge is 0.388 e. The Morgan fingerprint density at radius 2 is 1.89 bits per heavy atom. The van der Waals surface area contributed by atoms with Gasteiger partial charge in [0.15, 0.2) is 6.29 Å². The molecule has 114 valence electrons. The first-order valence-corrected chi connectivity index (χ1v) is 7.03. The molecule has 9 nitrogen and oxygen atoms in total. The van der Waals surface area contributed by atoms with E-state index in [2.05, 4.69) is 4.18 Å². The number of hydrogen-bond donors (Lipinski definition) is 4. The van der Waals surface area contributed by atoms with E-state index in [1.807, 2.05) is 0 Å². The summed E-state index contributed by atoms with van der Waals surface area (Å²) in [5, 5.41) is 19.4. The highest BCUT2D eigenvalue weighted by Gasteiger charge is 2.44. The van der Waals surface area contributed by atoms with E-state index in [-0.39, 0.29) is 6.10 Å². The second kappa shape index (κ2) is 6.41. The van der Waals surface area contributed by atoms with E-state index in [0.717, 1.165) is 0 Å². The molecule has 19 heavy (non-hydrogen) atoms. The summed E-state index contributed by atoms with van der Waals surface area (Å²) < 4.78 is 44.0. The first-order chi connectivity index (χ1) is 8.61. The summed E-state index contributed by atoms with van der Waals surface area (Å²) in [6.45, 7) is 2.77. The van der Waals surface area contributed by atoms with E-state index in [9.17, 15) is 18.6 Å². The van der Waals surface area contributed by atoms with Crippen LogP contribution in [0.3, 0.4) is 0 Å². The van der Waals surface area contributed by atoms with Crippen LogP contribution in [0, 0.1) is 0 Å². The van der Waals surface area contributed by atoms with Crippen molar-refractivity contribution in [1.82, 2.24) is 0 Å². The summed E-state index contributed by atoms with van der Waals surface area (Å²) in [4.78, 5) is 0. The summed E-state index contributed by atoms with van der Waals surface area (Å²) >= 11 is 0. The number of hydrogen-bond acceptors (Lipinski definition) is 8. The van der Waals surface area contributed by atoms with Gasteiger partial charge in [0.05, 0.1) is 18.8 Å². The summed E-state index contributed by atoms with van der Waals surface area (Å²) in [5.41, 5.74) is 5.64. The second-order valence-electron chi connectivity index (χ2n) is 4.50. The van der Waals surface area contributed by atoms with Gasteiger partial charge in [-0.3, -0.25) is 4.55 Å². The number of ether oxygens (including phenoxy) is 2. The van der Waals surface area contributed by atoms with E-state index >= 15 is 0 Å². The fraction of sp³-hybridized carbons (Fsp3) is 1.00. The molecular formula is C9H19NO8S. The molecule has 0 bridgehead atoms. The van der Waals surface area contributed by atoms with Gasteiger partial charge in [0.25, 0.3) is 0 Å². The van der Waals surface area contributed by atoms with Gasteiger partial charge in [0.2, 0.25) is 0 Å². The van der Waals surface area contributed by atoms with Crippen LogP contribution in [0.1, 0.15) is 13.8 Å². The lowest BCUT2D eigenvalue weighted by Gasteiger charge is -2.41. The Balaban J connectivity index is 2.70. The minimum Gasteiger partial charge on any atom is -0.388 e. The monoisotopic (exact) mass is 301 g/mol. The third-order valence-corrected chi connectivity index (χ3v) is 2.97. The minimum atomic E-state index is -4.66. The zero-order valence-electron chi connectivity index (χ0n) is 10.5. The third-order valence-electron chi connectivity index (χ3n) is 2.54. The van der Waals surface area contributed by atoms with Gasteiger partial charge in [-0.25, -0.2) is 4.18 Å². The predicted octanol–water partition coefficient (Wildman–Crippen LogP) is -2.00. The van der Waals surface area contributed by atoms with Crippen molar-refractivity contribution in [3.8, 4) is 0 Å². The van der Waals surface area contributed by atoms with Crippen molar-refractivity contribution in [1.29, 1.82) is 0 Å². The normalized spacial score (nSPS) is 36.7. The van der Waals surface area contributed by atoms with Crippen LogP contribution in [-0.2, 0) is 24.1 Å². The van der Waals surface area contributed by atoms with Crippen molar-refractivity contribution in [2.24, 2.45) is 5.73 Å². The molecule has 1 rings (SSSR count). The average molecular weight is 301 g/mol. The van der Waals surface area contributed by atoms with Gasteiger partial charge in [-0.1, -0.05) is 0 Å². The molecule has 0 radical (unpaired) electrons. The molecule has 0 amide bonds. The molecule has 0 aromatic rings. The summed E-state index contributed by atoms with van der Waals surface area (Å²) in [7, 11) is -4.66. The fourth-order valence-corrected chi connectivity index (χ4v) is 1.94. The molecule has 0 spiro atoms. The first kappa shape index (κ1) is 16.7. The topological polar surface area (TPSA) is 149 Å². The van der Waals surface area contributed by atoms with Crippen LogP contribution in [0.15, 0.2) is 0 Å². The number of aliphatic hydroxyl groups is 2. The lowest BCUT2D eigenvalue weighted by molar-refractivity contribution is -0.273. The highest BCUT2D eigenvalue weighted by atomic mass is 32.3. The van der Waals surface area contributed by atoms with E-state index in [4.69, 9.17) is 19.8 Å². The van der Waals surface area contributed by atoms with Crippen LogP contribution in [-0.4, -0.2) is 66.5 Å². The Labute approximate surface area is 111 Å². The van der Waals surface area contributed by atoms with Crippen molar-refractivity contribution >= 4 is 10.4 Å². The molecule has 0 aromatic carbocycles. The molecule has 0 aliphatic carbocycles. The third kappa shape index (κ3) is 4.93. The molecule has 5 N–H and O–H groups in total. The second-order valence-corrected chi connectivity index (χ2v) is 5.59. The van der Waals surface area contributed by atoms with Gasteiger partial charge in [-0.05, 0) is 13.8 Å². The Bertz CT molecular complexity index is 386. The van der Waals surface area contributed by atoms with Gasteiger partial charge in [-0.2, -0.15) is 8.42 Å². The number of rotatable bonds is 5. The molecule has 1 fully saturated rings. The summed E-state index contributed by atoms with van der Waals surface area (Å²) in [6, 6.07) is -0.987. The highest BCUT2D eigenvalue weighted by molar-refractivity contribution is 7.80. The Kier molecular flexibility index (Phi) is 5.65. The van der Waals surface area contributed by atoms with Crippen molar-refractivity contribution in [3.05, 3.63) is 0 Å². The van der Waals surface area contributed by atoms with Gasteiger partial charge in [0.1, 0.15) is 18.3 Å². The molecule has 0 saturated carbocycles. The van der Waals surface area contributed by atoms with Crippen molar-refractivity contribution in [2.45, 2.75) is 50.6 Å². The van der Waals surface area contributed by atoms with Crippen molar-refractivity contribution < 1.29 is 36.8 Å². The van der Waals surface area contributed by atoms with Gasteiger partial charge in [-0.15, -0.1) is 0 Å². The molecule has 5 unspecified atom stereocenters. The molecule has 1 aliphatic rings. The molecule has 0 aromatic heterocycles. The zero-order valence-corrected chi connectivity index (χ0v) is 11.4. The maximum absolute atomic E-state index is 10.5. The first-order valence-electron chi connectivity index (χ1n) is 5.66. The predicted molar refractivity (Wildman–Crippen MR) is 62.4 cm³/mol. The molecule has 5 atom stereocenters. The fourth-order valence-electron chi connectivity index (χ4n) is 1.63. The molecule has 1 heterocycles. The quantitative estimate of drug-likeness (QED) is 0.423. The highest BCUT2D eigenvalue weighted by Crippen LogP contribution is 2.22. The van der Waals surface area contributed by atoms with E-state index < -0.39 is 47.6 Å². The minimum absolute atomic E-state index is 0.248. The van der Waals surface area contributed by atoms with Crippen LogP contribution >= 0.6 is 0 Å². The number of aliphatic hydroxyl groups excluding tert-OH is 2. The maximum atomic E-state index is 10.5. The van der Waals surface area contributed by atoms with Crippen LogP contribution < -0.4 is 5.73 Å². The molecular weight excluding hydrogens is 282 g/mol.